The van der Waals surface area contributed by atoms with Crippen LogP contribution in [0.1, 0.15) is 33.1 Å². The molecule has 0 aliphatic heterocycles. The Hall–Kier alpha value is -0.570. The van der Waals surface area contributed by atoms with Gasteiger partial charge in [0.2, 0.25) is 0 Å². The molecule has 0 fully saturated rings. The molecule has 10 heavy (non-hydrogen) atoms. The van der Waals surface area contributed by atoms with E-state index in [-0.39, 0.29) is 6.42 Å². The van der Waals surface area contributed by atoms with Gasteiger partial charge >= 0.3 is 5.97 Å². The smallest absolute Gasteiger partial charge is 0.305 e. The van der Waals surface area contributed by atoms with Gasteiger partial charge in [-0.3, -0.25) is 4.79 Å². The summed E-state index contributed by atoms with van der Waals surface area (Å²) in [5.74, 6) is -0.821. The monoisotopic (exact) mass is 145 g/mol. The first kappa shape index (κ1) is 9.43. The highest BCUT2D eigenvalue weighted by atomic mass is 16.4. The summed E-state index contributed by atoms with van der Waals surface area (Å²) in [6.07, 6.45) is 1.75. The number of hydrogen-bond donors (Lipinski definition) is 2. The molecule has 1 atom stereocenters. The zero-order valence-corrected chi connectivity index (χ0v) is 6.55. The number of aliphatic carboxylic acids is 1. The fourth-order valence-electron chi connectivity index (χ4n) is 1.00. The van der Waals surface area contributed by atoms with Gasteiger partial charge in [-0.1, -0.05) is 13.3 Å². The lowest BCUT2D eigenvalue weighted by Gasteiger charge is -2.20. The number of carbonyl (C=O) groups is 1. The molecule has 0 radical (unpaired) electrons. The summed E-state index contributed by atoms with van der Waals surface area (Å²) in [6.45, 7) is 3.76. The van der Waals surface area contributed by atoms with Crippen molar-refractivity contribution in [1.82, 2.24) is 0 Å². The molecule has 1 unspecified atom stereocenters. The predicted octanol–water partition coefficient (Wildman–Crippen LogP) is 0.979. The third kappa shape index (κ3) is 4.32. The lowest BCUT2D eigenvalue weighted by Crippen LogP contribution is -2.38. The molecule has 0 spiro atoms. The van der Waals surface area contributed by atoms with E-state index in [0.717, 1.165) is 12.8 Å². The van der Waals surface area contributed by atoms with E-state index in [1.807, 2.05) is 6.92 Å². The van der Waals surface area contributed by atoms with E-state index in [4.69, 9.17) is 10.8 Å². The first-order valence-electron chi connectivity index (χ1n) is 3.48. The van der Waals surface area contributed by atoms with Crippen LogP contribution in [0.25, 0.3) is 0 Å². The Morgan fingerprint density at radius 1 is 1.70 bits per heavy atom. The minimum absolute atomic E-state index is 0.0564. The van der Waals surface area contributed by atoms with E-state index in [1.54, 1.807) is 6.92 Å². The van der Waals surface area contributed by atoms with E-state index < -0.39 is 11.5 Å². The zero-order chi connectivity index (χ0) is 8.20. The molecule has 3 heteroatoms. The SMILES string of the molecule is CCCC(C)(N)CC(=O)O. The van der Waals surface area contributed by atoms with Gasteiger partial charge in [0.1, 0.15) is 0 Å². The first-order chi connectivity index (χ1) is 4.48. The van der Waals surface area contributed by atoms with E-state index >= 15 is 0 Å². The van der Waals surface area contributed by atoms with Crippen LogP contribution in [0, 0.1) is 0 Å². The van der Waals surface area contributed by atoms with Crippen LogP contribution in [-0.4, -0.2) is 16.6 Å². The topological polar surface area (TPSA) is 63.3 Å². The summed E-state index contributed by atoms with van der Waals surface area (Å²) in [6, 6.07) is 0. The average molecular weight is 145 g/mol. The summed E-state index contributed by atoms with van der Waals surface area (Å²) in [5, 5.41) is 8.40. The Morgan fingerprint density at radius 3 is 2.50 bits per heavy atom. The molecule has 0 amide bonds. The number of rotatable bonds is 4. The molecule has 3 N–H and O–H groups in total. The standard InChI is InChI=1S/C7H15NO2/c1-3-4-7(2,8)5-6(9)10/h3-5,8H2,1-2H3,(H,9,10). The molecule has 0 aliphatic carbocycles. The van der Waals surface area contributed by atoms with Gasteiger partial charge in [0.25, 0.3) is 0 Å². The van der Waals surface area contributed by atoms with Gasteiger partial charge in [-0.05, 0) is 13.3 Å². The van der Waals surface area contributed by atoms with Crippen molar-refractivity contribution < 1.29 is 9.90 Å². The Balaban J connectivity index is 3.74. The third-order valence-electron chi connectivity index (χ3n) is 1.38. The highest BCUT2D eigenvalue weighted by molar-refractivity contribution is 5.68. The van der Waals surface area contributed by atoms with Gasteiger partial charge in [0.15, 0.2) is 0 Å². The van der Waals surface area contributed by atoms with Crippen LogP contribution >= 0.6 is 0 Å². The predicted molar refractivity (Wildman–Crippen MR) is 39.8 cm³/mol. The van der Waals surface area contributed by atoms with Gasteiger partial charge in [-0.25, -0.2) is 0 Å². The maximum atomic E-state index is 10.2. The Bertz CT molecular complexity index is 121. The van der Waals surface area contributed by atoms with Gasteiger partial charge in [0.05, 0.1) is 6.42 Å². The molecule has 0 saturated carbocycles. The van der Waals surface area contributed by atoms with E-state index in [1.165, 1.54) is 0 Å². The molecule has 0 aromatic heterocycles. The van der Waals surface area contributed by atoms with Crippen LogP contribution in [0.4, 0.5) is 0 Å². The highest BCUT2D eigenvalue weighted by Gasteiger charge is 2.20. The fourth-order valence-corrected chi connectivity index (χ4v) is 1.00. The molecule has 60 valence electrons. The maximum absolute atomic E-state index is 10.2. The summed E-state index contributed by atoms with van der Waals surface area (Å²) in [5.41, 5.74) is 5.12. The van der Waals surface area contributed by atoms with Crippen molar-refractivity contribution >= 4 is 5.97 Å². The zero-order valence-electron chi connectivity index (χ0n) is 6.55. The minimum Gasteiger partial charge on any atom is -0.481 e. The van der Waals surface area contributed by atoms with Crippen molar-refractivity contribution in [2.24, 2.45) is 5.73 Å². The summed E-state index contributed by atoms with van der Waals surface area (Å²) in [4.78, 5) is 10.2. The van der Waals surface area contributed by atoms with Gasteiger partial charge < -0.3 is 10.8 Å². The van der Waals surface area contributed by atoms with Crippen molar-refractivity contribution in [3.8, 4) is 0 Å². The second kappa shape index (κ2) is 3.56. The molecule has 3 nitrogen and oxygen atoms in total. The number of nitrogens with two attached hydrogens (primary N) is 1. The molecule has 0 heterocycles. The van der Waals surface area contributed by atoms with Crippen molar-refractivity contribution in [2.45, 2.75) is 38.6 Å². The van der Waals surface area contributed by atoms with Crippen LogP contribution < -0.4 is 5.73 Å². The van der Waals surface area contributed by atoms with Crippen LogP contribution in [-0.2, 0) is 4.79 Å². The van der Waals surface area contributed by atoms with Crippen LogP contribution in [0.2, 0.25) is 0 Å². The molecule has 0 rings (SSSR count). The Kier molecular flexibility index (Phi) is 3.36. The third-order valence-corrected chi connectivity index (χ3v) is 1.38. The van der Waals surface area contributed by atoms with E-state index in [9.17, 15) is 4.79 Å². The van der Waals surface area contributed by atoms with Gasteiger partial charge in [-0.2, -0.15) is 0 Å². The molecule has 0 bridgehead atoms. The highest BCUT2D eigenvalue weighted by Crippen LogP contribution is 2.12. The van der Waals surface area contributed by atoms with Gasteiger partial charge in [0, 0.05) is 5.54 Å². The minimum atomic E-state index is -0.821. The number of carboxylic acid groups (broad SMARTS) is 1. The van der Waals surface area contributed by atoms with Crippen molar-refractivity contribution in [1.29, 1.82) is 0 Å². The van der Waals surface area contributed by atoms with Crippen molar-refractivity contribution in [3.05, 3.63) is 0 Å². The second-order valence-corrected chi connectivity index (χ2v) is 2.97. The van der Waals surface area contributed by atoms with Crippen molar-refractivity contribution in [3.63, 3.8) is 0 Å². The maximum Gasteiger partial charge on any atom is 0.305 e. The average Bonchev–Trinajstić information content (AvgIpc) is 1.59. The summed E-state index contributed by atoms with van der Waals surface area (Å²) >= 11 is 0. The normalized spacial score (nSPS) is 16.3. The fraction of sp³-hybridized carbons (Fsp3) is 0.857. The lowest BCUT2D eigenvalue weighted by molar-refractivity contribution is -0.138. The van der Waals surface area contributed by atoms with Gasteiger partial charge in [-0.15, -0.1) is 0 Å². The molecule has 0 aliphatic rings. The largest absolute Gasteiger partial charge is 0.481 e. The number of carboxylic acids is 1. The lowest BCUT2D eigenvalue weighted by atomic mass is 9.94. The van der Waals surface area contributed by atoms with Crippen molar-refractivity contribution in [2.75, 3.05) is 0 Å². The van der Waals surface area contributed by atoms with Crippen LogP contribution in [0.15, 0.2) is 0 Å². The number of hydrogen-bond acceptors (Lipinski definition) is 2. The second-order valence-electron chi connectivity index (χ2n) is 2.97. The molecular weight excluding hydrogens is 130 g/mol. The Morgan fingerprint density at radius 2 is 2.20 bits per heavy atom. The van der Waals surface area contributed by atoms with Crippen LogP contribution in [0.5, 0.6) is 0 Å². The molecular formula is C7H15NO2. The first-order valence-corrected chi connectivity index (χ1v) is 3.48. The molecule has 0 saturated heterocycles. The van der Waals surface area contributed by atoms with E-state index in [2.05, 4.69) is 0 Å². The summed E-state index contributed by atoms with van der Waals surface area (Å²) < 4.78 is 0. The quantitative estimate of drug-likeness (QED) is 0.619. The van der Waals surface area contributed by atoms with E-state index in [0.29, 0.717) is 0 Å². The van der Waals surface area contributed by atoms with Crippen LogP contribution in [0.3, 0.4) is 0 Å². The molecule has 0 aromatic rings. The Labute approximate surface area is 61.2 Å². The molecule has 0 aromatic carbocycles. The summed E-state index contributed by atoms with van der Waals surface area (Å²) in [7, 11) is 0.